The highest BCUT2D eigenvalue weighted by molar-refractivity contribution is 7.98. The first-order chi connectivity index (χ1) is 8.19. The van der Waals surface area contributed by atoms with Gasteiger partial charge in [-0.3, -0.25) is 4.79 Å². The lowest BCUT2D eigenvalue weighted by molar-refractivity contribution is 0.102. The summed E-state index contributed by atoms with van der Waals surface area (Å²) in [5, 5.41) is 4.82. The number of nitrogens with two attached hydrogens (primary N) is 1. The summed E-state index contributed by atoms with van der Waals surface area (Å²) >= 11 is 2.88. The Morgan fingerprint density at radius 1 is 1.53 bits per heavy atom. The van der Waals surface area contributed by atoms with Gasteiger partial charge < -0.3 is 11.1 Å². The van der Waals surface area contributed by atoms with Gasteiger partial charge in [0.2, 0.25) is 0 Å². The molecule has 0 aliphatic rings. The minimum atomic E-state index is -0.240. The van der Waals surface area contributed by atoms with E-state index in [0.29, 0.717) is 10.8 Å². The molecular weight excluding hydrogens is 254 g/mol. The maximum absolute atomic E-state index is 11.8. The van der Waals surface area contributed by atoms with E-state index in [1.165, 1.54) is 11.3 Å². The molecule has 1 amide bonds. The molecule has 6 heteroatoms. The zero-order valence-electron chi connectivity index (χ0n) is 9.14. The van der Waals surface area contributed by atoms with Crippen molar-refractivity contribution in [3.05, 3.63) is 35.3 Å². The van der Waals surface area contributed by atoms with Crippen LogP contribution in [-0.2, 0) is 0 Å². The van der Waals surface area contributed by atoms with E-state index in [1.807, 2.05) is 30.5 Å². The van der Waals surface area contributed by atoms with E-state index in [4.69, 9.17) is 5.73 Å². The Morgan fingerprint density at radius 2 is 2.35 bits per heavy atom. The van der Waals surface area contributed by atoms with Crippen LogP contribution in [0.5, 0.6) is 0 Å². The van der Waals surface area contributed by atoms with Crippen LogP contribution in [0.4, 0.5) is 10.8 Å². The number of thioether (sulfide) groups is 1. The molecule has 17 heavy (non-hydrogen) atoms. The molecule has 0 fully saturated rings. The molecule has 4 nitrogen and oxygen atoms in total. The number of nitrogen functional groups attached to an aromatic ring is 1. The van der Waals surface area contributed by atoms with Gasteiger partial charge in [0.05, 0.1) is 0 Å². The first-order valence-electron chi connectivity index (χ1n) is 4.85. The molecule has 0 aliphatic heterocycles. The Balaban J connectivity index is 2.12. The molecule has 88 valence electrons. The van der Waals surface area contributed by atoms with Crippen molar-refractivity contribution in [2.45, 2.75) is 4.90 Å². The number of thiazole rings is 1. The Kier molecular flexibility index (Phi) is 3.65. The smallest absolute Gasteiger partial charge is 0.275 e. The second-order valence-electron chi connectivity index (χ2n) is 3.26. The van der Waals surface area contributed by atoms with Crippen LogP contribution in [0.15, 0.2) is 34.5 Å². The van der Waals surface area contributed by atoms with Gasteiger partial charge in [0.25, 0.3) is 5.91 Å². The average molecular weight is 265 g/mol. The van der Waals surface area contributed by atoms with Crippen molar-refractivity contribution in [1.82, 2.24) is 4.98 Å². The first kappa shape index (κ1) is 11.9. The number of carbonyl (C=O) groups is 1. The van der Waals surface area contributed by atoms with Crippen molar-refractivity contribution < 1.29 is 4.79 Å². The first-order valence-corrected chi connectivity index (χ1v) is 6.96. The highest BCUT2D eigenvalue weighted by Crippen LogP contribution is 2.20. The molecular formula is C11H11N3OS2. The van der Waals surface area contributed by atoms with Crippen molar-refractivity contribution in [1.29, 1.82) is 0 Å². The standard InChI is InChI=1S/C11H11N3OS2/c1-16-8-4-2-3-7(5-8)13-10(15)9-6-17-11(12)14-9/h2-6H,1H3,(H2,12,14)(H,13,15). The van der Waals surface area contributed by atoms with Gasteiger partial charge in [-0.25, -0.2) is 4.98 Å². The molecule has 0 spiro atoms. The minimum Gasteiger partial charge on any atom is -0.375 e. The van der Waals surface area contributed by atoms with Crippen molar-refractivity contribution in [3.63, 3.8) is 0 Å². The summed E-state index contributed by atoms with van der Waals surface area (Å²) in [7, 11) is 0. The van der Waals surface area contributed by atoms with Gasteiger partial charge in [-0.05, 0) is 24.5 Å². The van der Waals surface area contributed by atoms with Gasteiger partial charge in [0.1, 0.15) is 5.69 Å². The van der Waals surface area contributed by atoms with Crippen molar-refractivity contribution in [2.75, 3.05) is 17.3 Å². The SMILES string of the molecule is CSc1cccc(NC(=O)c2csc(N)n2)c1. The number of anilines is 2. The molecule has 1 aromatic heterocycles. The molecule has 1 heterocycles. The summed E-state index contributed by atoms with van der Waals surface area (Å²) in [6.45, 7) is 0. The number of hydrogen-bond acceptors (Lipinski definition) is 5. The monoisotopic (exact) mass is 265 g/mol. The lowest BCUT2D eigenvalue weighted by Gasteiger charge is -2.04. The molecule has 0 atom stereocenters. The quantitative estimate of drug-likeness (QED) is 0.837. The largest absolute Gasteiger partial charge is 0.375 e. The lowest BCUT2D eigenvalue weighted by atomic mass is 10.3. The highest BCUT2D eigenvalue weighted by Gasteiger charge is 2.09. The zero-order valence-corrected chi connectivity index (χ0v) is 10.8. The van der Waals surface area contributed by atoms with Crippen molar-refractivity contribution in [3.8, 4) is 0 Å². The lowest BCUT2D eigenvalue weighted by Crippen LogP contribution is -2.12. The van der Waals surface area contributed by atoms with Crippen LogP contribution in [-0.4, -0.2) is 17.1 Å². The van der Waals surface area contributed by atoms with E-state index < -0.39 is 0 Å². The van der Waals surface area contributed by atoms with Gasteiger partial charge in [-0.2, -0.15) is 0 Å². The van der Waals surface area contributed by atoms with Gasteiger partial charge >= 0.3 is 0 Å². The molecule has 0 aliphatic carbocycles. The molecule has 0 radical (unpaired) electrons. The van der Waals surface area contributed by atoms with Crippen molar-refractivity contribution in [2.24, 2.45) is 0 Å². The average Bonchev–Trinajstić information content (AvgIpc) is 2.76. The third-order valence-corrected chi connectivity index (χ3v) is 3.48. The number of carbonyl (C=O) groups excluding carboxylic acids is 1. The van der Waals surface area contributed by atoms with Gasteiger partial charge in [-0.1, -0.05) is 6.07 Å². The second-order valence-corrected chi connectivity index (χ2v) is 5.03. The van der Waals surface area contributed by atoms with Crippen LogP contribution in [0.25, 0.3) is 0 Å². The predicted molar refractivity (Wildman–Crippen MR) is 72.7 cm³/mol. The summed E-state index contributed by atoms with van der Waals surface area (Å²) in [4.78, 5) is 16.8. The molecule has 2 aromatic rings. The van der Waals surface area contributed by atoms with Crippen LogP contribution in [0.3, 0.4) is 0 Å². The molecule has 2 rings (SSSR count). The summed E-state index contributed by atoms with van der Waals surface area (Å²) in [5.41, 5.74) is 6.59. The number of nitrogens with one attached hydrogen (secondary N) is 1. The fraction of sp³-hybridized carbons (Fsp3) is 0.0909. The number of aromatic nitrogens is 1. The number of hydrogen-bond donors (Lipinski definition) is 2. The van der Waals surface area contributed by atoms with Crippen LogP contribution in [0, 0.1) is 0 Å². The molecule has 1 aromatic carbocycles. The van der Waals surface area contributed by atoms with E-state index in [0.717, 1.165) is 10.6 Å². The molecule has 0 saturated heterocycles. The Bertz CT molecular complexity index is 539. The molecule has 0 unspecified atom stereocenters. The third kappa shape index (κ3) is 2.98. The van der Waals surface area contributed by atoms with E-state index in [-0.39, 0.29) is 5.91 Å². The highest BCUT2D eigenvalue weighted by atomic mass is 32.2. The topological polar surface area (TPSA) is 68.0 Å². The Morgan fingerprint density at radius 3 is 3.00 bits per heavy atom. The number of nitrogens with zero attached hydrogens (tertiary/aromatic N) is 1. The Labute approximate surface area is 107 Å². The maximum atomic E-state index is 11.8. The van der Waals surface area contributed by atoms with Crippen LogP contribution < -0.4 is 11.1 Å². The fourth-order valence-electron chi connectivity index (χ4n) is 1.29. The molecule has 0 saturated carbocycles. The number of amides is 1. The fourth-order valence-corrected chi connectivity index (χ4v) is 2.29. The van der Waals surface area contributed by atoms with Gasteiger partial charge in [-0.15, -0.1) is 23.1 Å². The third-order valence-electron chi connectivity index (χ3n) is 2.08. The van der Waals surface area contributed by atoms with Crippen LogP contribution in [0.2, 0.25) is 0 Å². The van der Waals surface area contributed by atoms with Gasteiger partial charge in [0.15, 0.2) is 5.13 Å². The maximum Gasteiger partial charge on any atom is 0.275 e. The van der Waals surface area contributed by atoms with E-state index in [9.17, 15) is 4.79 Å². The summed E-state index contributed by atoms with van der Waals surface area (Å²) < 4.78 is 0. The van der Waals surface area contributed by atoms with Crippen LogP contribution >= 0.6 is 23.1 Å². The predicted octanol–water partition coefficient (Wildman–Crippen LogP) is 2.70. The number of benzene rings is 1. The van der Waals surface area contributed by atoms with Gasteiger partial charge in [0, 0.05) is 16.0 Å². The summed E-state index contributed by atoms with van der Waals surface area (Å²) in [6.07, 6.45) is 1.99. The van der Waals surface area contributed by atoms with Crippen LogP contribution in [0.1, 0.15) is 10.5 Å². The van der Waals surface area contributed by atoms with E-state index in [2.05, 4.69) is 10.3 Å². The van der Waals surface area contributed by atoms with Crippen molar-refractivity contribution >= 4 is 39.8 Å². The number of rotatable bonds is 3. The molecule has 0 bridgehead atoms. The Hall–Kier alpha value is -1.53. The zero-order chi connectivity index (χ0) is 12.3. The molecule has 3 N–H and O–H groups in total. The summed E-state index contributed by atoms with van der Waals surface area (Å²) in [5.74, 6) is -0.240. The summed E-state index contributed by atoms with van der Waals surface area (Å²) in [6, 6.07) is 7.64. The second kappa shape index (κ2) is 5.20. The minimum absolute atomic E-state index is 0.240. The normalized spacial score (nSPS) is 10.2. The van der Waals surface area contributed by atoms with E-state index >= 15 is 0 Å². The van der Waals surface area contributed by atoms with E-state index in [1.54, 1.807) is 17.1 Å².